The Hall–Kier alpha value is -0.720. The normalized spacial score (nSPS) is 29.1. The number of rotatable bonds is 2. The van der Waals surface area contributed by atoms with E-state index in [-0.39, 0.29) is 11.9 Å². The van der Waals surface area contributed by atoms with Crippen LogP contribution < -0.4 is 5.32 Å². The van der Waals surface area contributed by atoms with Gasteiger partial charge < -0.3 is 15.5 Å². The minimum absolute atomic E-state index is 0.0587. The molecule has 1 aromatic rings. The molecule has 94 valence electrons. The number of hydrogen-bond acceptors (Lipinski definition) is 4. The van der Waals surface area contributed by atoms with Crippen LogP contribution in [0.1, 0.15) is 19.3 Å². The van der Waals surface area contributed by atoms with E-state index in [1.807, 2.05) is 0 Å². The number of aliphatic hydroxyl groups excluding tert-OH is 2. The Morgan fingerprint density at radius 1 is 1.35 bits per heavy atom. The van der Waals surface area contributed by atoms with Gasteiger partial charge in [0.15, 0.2) is 11.6 Å². The summed E-state index contributed by atoms with van der Waals surface area (Å²) in [7, 11) is 0. The van der Waals surface area contributed by atoms with Crippen molar-refractivity contribution in [2.75, 3.05) is 5.32 Å². The number of nitrogens with zero attached hydrogens (tertiary/aromatic N) is 1. The van der Waals surface area contributed by atoms with E-state index in [0.29, 0.717) is 23.7 Å². The van der Waals surface area contributed by atoms with Crippen molar-refractivity contribution in [3.63, 3.8) is 0 Å². The summed E-state index contributed by atoms with van der Waals surface area (Å²) in [6, 6.07) is 1.28. The van der Waals surface area contributed by atoms with E-state index in [4.69, 9.17) is 0 Å². The van der Waals surface area contributed by atoms with Gasteiger partial charge in [-0.15, -0.1) is 0 Å². The molecule has 1 heterocycles. The van der Waals surface area contributed by atoms with Crippen molar-refractivity contribution < 1.29 is 14.6 Å². The smallest absolute Gasteiger partial charge is 0.166 e. The van der Waals surface area contributed by atoms with Crippen molar-refractivity contribution in [3.05, 3.63) is 22.6 Å². The molecule has 1 fully saturated rings. The lowest BCUT2D eigenvalue weighted by atomic mass is 9.90. The number of anilines is 1. The summed E-state index contributed by atoms with van der Waals surface area (Å²) < 4.78 is 14.1. The molecule has 4 nitrogen and oxygen atoms in total. The van der Waals surface area contributed by atoms with Crippen LogP contribution in [-0.4, -0.2) is 33.4 Å². The molecule has 0 amide bonds. The highest BCUT2D eigenvalue weighted by Gasteiger charge is 2.28. The molecule has 17 heavy (non-hydrogen) atoms. The second-order valence-corrected chi connectivity index (χ2v) is 5.19. The standard InChI is InChI=1S/C11H14BrFN2O2/c12-6-3-8(13)11(14-5-6)15-7-1-2-9(16)10(17)4-7/h3,5,7,9-10,16-17H,1-2,4H2,(H,14,15)/t7?,9-,10+/m1/s1. The van der Waals surface area contributed by atoms with Crippen LogP contribution in [0.2, 0.25) is 0 Å². The maximum Gasteiger partial charge on any atom is 0.166 e. The fraction of sp³-hybridized carbons (Fsp3) is 0.545. The molecule has 2 rings (SSSR count). The van der Waals surface area contributed by atoms with Gasteiger partial charge in [0.2, 0.25) is 0 Å². The van der Waals surface area contributed by atoms with Crippen LogP contribution in [0.3, 0.4) is 0 Å². The van der Waals surface area contributed by atoms with Crippen LogP contribution in [0.5, 0.6) is 0 Å². The first kappa shape index (κ1) is 12.7. The van der Waals surface area contributed by atoms with Crippen molar-refractivity contribution >= 4 is 21.7 Å². The Labute approximate surface area is 107 Å². The van der Waals surface area contributed by atoms with Gasteiger partial charge in [0.05, 0.1) is 12.2 Å². The van der Waals surface area contributed by atoms with Crippen LogP contribution in [-0.2, 0) is 0 Å². The summed E-state index contributed by atoms with van der Waals surface area (Å²) in [5.41, 5.74) is 0. The molecule has 0 aromatic carbocycles. The third-order valence-corrected chi connectivity index (χ3v) is 3.36. The van der Waals surface area contributed by atoms with Gasteiger partial charge >= 0.3 is 0 Å². The zero-order valence-electron chi connectivity index (χ0n) is 9.11. The molecular weight excluding hydrogens is 291 g/mol. The Morgan fingerprint density at radius 3 is 2.76 bits per heavy atom. The number of aliphatic hydroxyl groups is 2. The van der Waals surface area contributed by atoms with Gasteiger partial charge in [-0.05, 0) is 41.3 Å². The fourth-order valence-electron chi connectivity index (χ4n) is 1.98. The molecule has 3 N–H and O–H groups in total. The van der Waals surface area contributed by atoms with Crippen molar-refractivity contribution in [1.29, 1.82) is 0 Å². The largest absolute Gasteiger partial charge is 0.390 e. The minimum Gasteiger partial charge on any atom is -0.390 e. The Balaban J connectivity index is 2.01. The van der Waals surface area contributed by atoms with Crippen molar-refractivity contribution in [2.45, 2.75) is 37.5 Å². The SMILES string of the molecule is O[C@@H]1CCC(Nc2ncc(Br)cc2F)C[C@@H]1O. The Bertz CT molecular complexity index is 405. The van der Waals surface area contributed by atoms with Crippen LogP contribution >= 0.6 is 15.9 Å². The summed E-state index contributed by atoms with van der Waals surface area (Å²) in [5.74, 6) is -0.248. The first-order chi connectivity index (χ1) is 8.06. The van der Waals surface area contributed by atoms with E-state index in [1.165, 1.54) is 12.3 Å². The lowest BCUT2D eigenvalue weighted by molar-refractivity contribution is -0.0120. The third kappa shape index (κ3) is 3.14. The highest BCUT2D eigenvalue weighted by atomic mass is 79.9. The monoisotopic (exact) mass is 304 g/mol. The Morgan fingerprint density at radius 2 is 2.12 bits per heavy atom. The molecular formula is C11H14BrFN2O2. The maximum absolute atomic E-state index is 13.5. The van der Waals surface area contributed by atoms with Crippen LogP contribution in [0.25, 0.3) is 0 Å². The van der Waals surface area contributed by atoms with Crippen LogP contribution in [0, 0.1) is 5.82 Å². The number of halogens is 2. The molecule has 0 radical (unpaired) electrons. The number of hydrogen-bond donors (Lipinski definition) is 3. The van der Waals surface area contributed by atoms with Crippen LogP contribution in [0.15, 0.2) is 16.7 Å². The van der Waals surface area contributed by atoms with E-state index in [0.717, 1.165) is 0 Å². The van der Waals surface area contributed by atoms with Gasteiger partial charge in [-0.1, -0.05) is 0 Å². The van der Waals surface area contributed by atoms with E-state index in [1.54, 1.807) is 0 Å². The number of pyridine rings is 1. The quantitative estimate of drug-likeness (QED) is 0.778. The number of aromatic nitrogens is 1. The molecule has 0 spiro atoms. The average Bonchev–Trinajstić information content (AvgIpc) is 2.27. The summed E-state index contributed by atoms with van der Waals surface area (Å²) in [6.45, 7) is 0. The maximum atomic E-state index is 13.5. The van der Waals surface area contributed by atoms with Gasteiger partial charge in [-0.2, -0.15) is 0 Å². The van der Waals surface area contributed by atoms with Crippen LogP contribution in [0.4, 0.5) is 10.2 Å². The zero-order valence-corrected chi connectivity index (χ0v) is 10.7. The Kier molecular flexibility index (Phi) is 3.96. The summed E-state index contributed by atoms with van der Waals surface area (Å²) in [4.78, 5) is 3.94. The molecule has 6 heteroatoms. The van der Waals surface area contributed by atoms with Gasteiger partial charge in [0, 0.05) is 16.7 Å². The predicted molar refractivity (Wildman–Crippen MR) is 65.2 cm³/mol. The highest BCUT2D eigenvalue weighted by molar-refractivity contribution is 9.10. The second kappa shape index (κ2) is 5.29. The van der Waals surface area contributed by atoms with Gasteiger partial charge in [0.1, 0.15) is 0 Å². The molecule has 3 atom stereocenters. The van der Waals surface area contributed by atoms with Crippen molar-refractivity contribution in [1.82, 2.24) is 4.98 Å². The molecule has 1 aromatic heterocycles. The van der Waals surface area contributed by atoms with E-state index in [9.17, 15) is 14.6 Å². The van der Waals surface area contributed by atoms with Gasteiger partial charge in [-0.3, -0.25) is 0 Å². The fourth-order valence-corrected chi connectivity index (χ4v) is 2.28. The topological polar surface area (TPSA) is 65.4 Å². The summed E-state index contributed by atoms with van der Waals surface area (Å²) in [6.07, 6.45) is 1.69. The van der Waals surface area contributed by atoms with E-state index >= 15 is 0 Å². The zero-order chi connectivity index (χ0) is 12.4. The predicted octanol–water partition coefficient (Wildman–Crippen LogP) is 1.67. The van der Waals surface area contributed by atoms with Gasteiger partial charge in [0.25, 0.3) is 0 Å². The van der Waals surface area contributed by atoms with Crippen molar-refractivity contribution in [2.24, 2.45) is 0 Å². The second-order valence-electron chi connectivity index (χ2n) is 4.27. The van der Waals surface area contributed by atoms with E-state index < -0.39 is 18.0 Å². The minimum atomic E-state index is -0.750. The first-order valence-electron chi connectivity index (χ1n) is 5.50. The lowest BCUT2D eigenvalue weighted by Crippen LogP contribution is -2.39. The van der Waals surface area contributed by atoms with Gasteiger partial charge in [-0.25, -0.2) is 9.37 Å². The molecule has 1 aliphatic carbocycles. The molecule has 1 saturated carbocycles. The molecule has 0 saturated heterocycles. The summed E-state index contributed by atoms with van der Waals surface area (Å²) >= 11 is 3.14. The average molecular weight is 305 g/mol. The molecule has 1 aliphatic rings. The third-order valence-electron chi connectivity index (χ3n) is 2.93. The lowest BCUT2D eigenvalue weighted by Gasteiger charge is -2.30. The molecule has 0 bridgehead atoms. The number of nitrogens with one attached hydrogen (secondary N) is 1. The van der Waals surface area contributed by atoms with E-state index in [2.05, 4.69) is 26.2 Å². The summed E-state index contributed by atoms with van der Waals surface area (Å²) in [5, 5.41) is 21.9. The molecule has 1 unspecified atom stereocenters. The highest BCUT2D eigenvalue weighted by Crippen LogP contribution is 2.24. The first-order valence-corrected chi connectivity index (χ1v) is 6.29. The molecule has 0 aliphatic heterocycles. The van der Waals surface area contributed by atoms with Crippen molar-refractivity contribution in [3.8, 4) is 0 Å².